The molecule has 0 unspecified atom stereocenters. The summed E-state index contributed by atoms with van der Waals surface area (Å²) in [5.74, 6) is 0. The van der Waals surface area contributed by atoms with Gasteiger partial charge in [0.15, 0.2) is 0 Å². The van der Waals surface area contributed by atoms with Gasteiger partial charge in [-0.05, 0) is 0 Å². The van der Waals surface area contributed by atoms with E-state index in [1.54, 1.807) is 0 Å². The van der Waals surface area contributed by atoms with Gasteiger partial charge in [-0.2, -0.15) is 0 Å². The molecule has 15 heavy (non-hydrogen) atoms. The summed E-state index contributed by atoms with van der Waals surface area (Å²) in [7, 11) is -9.28. The molecule has 0 radical (unpaired) electrons. The summed E-state index contributed by atoms with van der Waals surface area (Å²) in [6.45, 7) is 0. The van der Waals surface area contributed by atoms with E-state index in [0.717, 1.165) is 0 Å². The van der Waals surface area contributed by atoms with Crippen molar-refractivity contribution in [2.45, 2.75) is 0 Å². The second kappa shape index (κ2) is 21.5. The molecule has 0 aliphatic rings. The van der Waals surface area contributed by atoms with Crippen molar-refractivity contribution in [3.05, 3.63) is 0 Å². The zero-order valence-electron chi connectivity index (χ0n) is 15.7. The van der Waals surface area contributed by atoms with Gasteiger partial charge >= 0.3 is 167 Å². The normalized spacial score (nSPS) is 7.87. The monoisotopic (exact) mass is 382 g/mol. The Balaban J connectivity index is -0.00000000274. The molecule has 9 nitrogen and oxygen atoms in total. The van der Waals surface area contributed by atoms with Gasteiger partial charge in [0.25, 0.3) is 0 Å². The van der Waals surface area contributed by atoms with E-state index in [1.165, 1.54) is 0 Å². The van der Waals surface area contributed by atoms with Crippen LogP contribution in [0.3, 0.4) is 0 Å². The van der Waals surface area contributed by atoms with E-state index in [4.69, 9.17) is 38.5 Å². The van der Waals surface area contributed by atoms with Gasteiger partial charge in [0, 0.05) is 0 Å². The van der Waals surface area contributed by atoms with Crippen LogP contribution in [0.1, 0.15) is 11.4 Å². The third kappa shape index (κ3) is 209. The first-order valence-electron chi connectivity index (χ1n) is 1.57. The minimum atomic E-state index is -4.64. The van der Waals surface area contributed by atoms with Crippen molar-refractivity contribution in [1.29, 1.82) is 0 Å². The quantitative estimate of drug-likeness (QED) is 0.186. The van der Waals surface area contributed by atoms with Gasteiger partial charge in [-0.1, -0.05) is 0 Å². The molecule has 88 valence electrons. The van der Waals surface area contributed by atoms with E-state index in [9.17, 15) is 0 Å². The molecule has 0 aliphatic carbocycles. The van der Waals surface area contributed by atoms with Gasteiger partial charge in [-0.25, -0.2) is 9.13 Å². The maximum absolute atomic E-state index is 8.88. The Morgan fingerprint density at radius 2 is 0.600 bits per heavy atom. The SMILES string of the molecule is O.O=P(O)(O)O.O=P(O)(O)O.[Ca+2].[Ca+2].[Ca+2].[Ca+2].[H-].[H-].[H-].[H-].[H-].[H-].[H-].[H-]. The summed E-state index contributed by atoms with van der Waals surface area (Å²) in [6, 6.07) is 0. The van der Waals surface area contributed by atoms with E-state index < -0.39 is 15.6 Å². The Morgan fingerprint density at radius 3 is 0.600 bits per heavy atom. The number of rotatable bonds is 0. The maximum Gasteiger partial charge on any atom is 2.00 e. The summed E-state index contributed by atoms with van der Waals surface area (Å²) < 4.78 is 17.8. The molecule has 0 saturated carbocycles. The average Bonchev–Trinajstić information content (AvgIpc) is 1.12. The van der Waals surface area contributed by atoms with Gasteiger partial charge in [0.2, 0.25) is 0 Å². The summed E-state index contributed by atoms with van der Waals surface area (Å²) in [5, 5.41) is 0. The summed E-state index contributed by atoms with van der Waals surface area (Å²) >= 11 is 0. The molecule has 0 fully saturated rings. The molecule has 0 atom stereocenters. The van der Waals surface area contributed by atoms with Crippen molar-refractivity contribution in [3.63, 3.8) is 0 Å². The van der Waals surface area contributed by atoms with Crippen molar-refractivity contribution in [1.82, 2.24) is 0 Å². The molecule has 0 saturated heterocycles. The van der Waals surface area contributed by atoms with Crippen LogP contribution in [-0.2, 0) is 9.13 Å². The first kappa shape index (κ1) is 42.7. The second-order valence-electron chi connectivity index (χ2n) is 1.03. The van der Waals surface area contributed by atoms with E-state index in [-0.39, 0.29) is 168 Å². The predicted octanol–water partition coefficient (Wildman–Crippen LogP) is -3.31. The fourth-order valence-electron chi connectivity index (χ4n) is 0. The topological polar surface area (TPSA) is 187 Å². The van der Waals surface area contributed by atoms with Gasteiger partial charge in [0.05, 0.1) is 0 Å². The smallest absolute Gasteiger partial charge is 1.00 e. The second-order valence-corrected chi connectivity index (χ2v) is 3.08. The van der Waals surface area contributed by atoms with Gasteiger partial charge in [0.1, 0.15) is 0 Å². The molecule has 0 rings (SSSR count). The van der Waals surface area contributed by atoms with E-state index in [1.807, 2.05) is 0 Å². The molecule has 0 aliphatic heterocycles. The van der Waals surface area contributed by atoms with Crippen LogP contribution in [0.15, 0.2) is 0 Å². The standard InChI is InChI=1S/4Ca.2H3O4P.H2O.8H/c;;;;2*1-5(2,3)4;;;;;;;;;/h;;;;2*(H3,1,2,3,4);1H2;;;;;;;;/q4*+2;;;;8*-1. The van der Waals surface area contributed by atoms with E-state index in [2.05, 4.69) is 0 Å². The zero-order valence-corrected chi connectivity index (χ0v) is 18.3. The number of hydrogen-bond acceptors (Lipinski definition) is 2. The Bertz CT molecular complexity index is 154. The summed E-state index contributed by atoms with van der Waals surface area (Å²) in [5.41, 5.74) is 0. The third-order valence-corrected chi connectivity index (χ3v) is 0. The summed E-state index contributed by atoms with van der Waals surface area (Å²) in [4.78, 5) is 43.1. The molecule has 0 bridgehead atoms. The molecule has 0 heterocycles. The first-order chi connectivity index (χ1) is 4.00. The molecule has 8 N–H and O–H groups in total. The molecule has 15 heteroatoms. The molecule has 0 aromatic carbocycles. The van der Waals surface area contributed by atoms with Gasteiger partial charge in [-0.3, -0.25) is 0 Å². The fourth-order valence-corrected chi connectivity index (χ4v) is 0. The molecular weight excluding hydrogens is 366 g/mol. The zero-order chi connectivity index (χ0) is 9.00. The molecular formula is H16Ca4O9P2. The van der Waals surface area contributed by atoms with Crippen molar-refractivity contribution < 1.29 is 55.4 Å². The van der Waals surface area contributed by atoms with Crippen LogP contribution in [0.5, 0.6) is 0 Å². The van der Waals surface area contributed by atoms with E-state index >= 15 is 0 Å². The molecule has 0 aromatic heterocycles. The van der Waals surface area contributed by atoms with Gasteiger partial charge < -0.3 is 46.2 Å². The van der Waals surface area contributed by atoms with Gasteiger partial charge in [-0.15, -0.1) is 0 Å². The van der Waals surface area contributed by atoms with Crippen molar-refractivity contribution in [3.8, 4) is 0 Å². The van der Waals surface area contributed by atoms with E-state index in [0.29, 0.717) is 0 Å². The largest absolute Gasteiger partial charge is 2.00 e. The van der Waals surface area contributed by atoms with Crippen molar-refractivity contribution in [2.24, 2.45) is 0 Å². The molecule has 0 amide bonds. The van der Waals surface area contributed by atoms with Crippen molar-refractivity contribution in [2.75, 3.05) is 0 Å². The average molecular weight is 382 g/mol. The fraction of sp³-hybridized carbons (Fsp3) is 0. The Labute approximate surface area is 217 Å². The van der Waals surface area contributed by atoms with Crippen LogP contribution < -0.4 is 0 Å². The Kier molecular flexibility index (Phi) is 61.3. The number of phosphoric acid groups is 2. The third-order valence-electron chi connectivity index (χ3n) is 0. The van der Waals surface area contributed by atoms with Crippen LogP contribution in [0.25, 0.3) is 0 Å². The van der Waals surface area contributed by atoms with Crippen LogP contribution in [0, 0.1) is 0 Å². The van der Waals surface area contributed by atoms with Crippen LogP contribution in [0.2, 0.25) is 0 Å². The predicted molar refractivity (Wildman–Crippen MR) is 64.1 cm³/mol. The maximum atomic E-state index is 8.88. The minimum absolute atomic E-state index is 0. The first-order valence-corrected chi connectivity index (χ1v) is 4.70. The Hall–Kier alpha value is 5.22. The summed E-state index contributed by atoms with van der Waals surface area (Å²) in [6.07, 6.45) is 0. The Morgan fingerprint density at radius 1 is 0.600 bits per heavy atom. The van der Waals surface area contributed by atoms with Crippen LogP contribution >= 0.6 is 15.6 Å². The molecule has 0 spiro atoms. The molecule has 0 aromatic rings. The van der Waals surface area contributed by atoms with Crippen LogP contribution in [0.4, 0.5) is 0 Å². The number of hydrogen-bond donors (Lipinski definition) is 6. The minimum Gasteiger partial charge on any atom is -1.00 e. The van der Waals surface area contributed by atoms with Crippen molar-refractivity contribution >= 4 is 167 Å². The van der Waals surface area contributed by atoms with Crippen LogP contribution in [-0.4, -0.2) is 186 Å².